The largest absolute Gasteiger partial charge is 0.300 e. The fraction of sp³-hybridized carbons (Fsp3) is 0.417. The van der Waals surface area contributed by atoms with Crippen LogP contribution in [-0.2, 0) is 10.2 Å². The SMILES string of the molecule is CC1(c2ccccc2F)CCC(=O)C1. The molecule has 1 atom stereocenters. The molecule has 2 heteroatoms. The molecule has 0 bridgehead atoms. The first kappa shape index (κ1) is 9.38. The van der Waals surface area contributed by atoms with E-state index in [0.717, 1.165) is 6.42 Å². The van der Waals surface area contributed by atoms with E-state index in [2.05, 4.69) is 0 Å². The van der Waals surface area contributed by atoms with Crippen molar-refractivity contribution in [2.45, 2.75) is 31.6 Å². The summed E-state index contributed by atoms with van der Waals surface area (Å²) in [4.78, 5) is 11.2. The topological polar surface area (TPSA) is 17.1 Å². The molecule has 1 aliphatic carbocycles. The maximum Gasteiger partial charge on any atom is 0.133 e. The molecule has 14 heavy (non-hydrogen) atoms. The number of benzene rings is 1. The molecule has 0 radical (unpaired) electrons. The van der Waals surface area contributed by atoms with Gasteiger partial charge in [0.05, 0.1) is 0 Å². The molecule has 0 spiro atoms. The summed E-state index contributed by atoms with van der Waals surface area (Å²) in [6, 6.07) is 6.75. The molecule has 1 aromatic carbocycles. The van der Waals surface area contributed by atoms with Gasteiger partial charge in [0.2, 0.25) is 0 Å². The Morgan fingerprint density at radius 1 is 1.36 bits per heavy atom. The average Bonchev–Trinajstić information content (AvgIpc) is 2.48. The van der Waals surface area contributed by atoms with Crippen molar-refractivity contribution in [3.63, 3.8) is 0 Å². The lowest BCUT2D eigenvalue weighted by Crippen LogP contribution is -2.19. The van der Waals surface area contributed by atoms with Crippen LogP contribution in [0, 0.1) is 5.82 Å². The normalized spacial score (nSPS) is 26.9. The van der Waals surface area contributed by atoms with Crippen molar-refractivity contribution in [2.75, 3.05) is 0 Å². The van der Waals surface area contributed by atoms with Crippen LogP contribution >= 0.6 is 0 Å². The first-order valence-electron chi connectivity index (χ1n) is 4.88. The fourth-order valence-electron chi connectivity index (χ4n) is 2.21. The summed E-state index contributed by atoms with van der Waals surface area (Å²) >= 11 is 0. The average molecular weight is 192 g/mol. The zero-order valence-electron chi connectivity index (χ0n) is 8.22. The van der Waals surface area contributed by atoms with E-state index in [4.69, 9.17) is 0 Å². The number of rotatable bonds is 1. The summed E-state index contributed by atoms with van der Waals surface area (Å²) in [5.41, 5.74) is 0.411. The fourth-order valence-corrected chi connectivity index (χ4v) is 2.21. The Bertz CT molecular complexity index is 372. The first-order valence-corrected chi connectivity index (χ1v) is 4.88. The first-order chi connectivity index (χ1) is 6.62. The Morgan fingerprint density at radius 2 is 2.07 bits per heavy atom. The smallest absolute Gasteiger partial charge is 0.133 e. The second kappa shape index (κ2) is 3.19. The highest BCUT2D eigenvalue weighted by molar-refractivity contribution is 5.82. The van der Waals surface area contributed by atoms with Crippen molar-refractivity contribution in [1.29, 1.82) is 0 Å². The summed E-state index contributed by atoms with van der Waals surface area (Å²) in [7, 11) is 0. The van der Waals surface area contributed by atoms with E-state index in [0.29, 0.717) is 18.4 Å². The molecule has 0 aliphatic heterocycles. The van der Waals surface area contributed by atoms with E-state index >= 15 is 0 Å². The highest BCUT2D eigenvalue weighted by Gasteiger charge is 2.36. The zero-order chi connectivity index (χ0) is 10.2. The minimum Gasteiger partial charge on any atom is -0.300 e. The van der Waals surface area contributed by atoms with E-state index < -0.39 is 0 Å². The summed E-state index contributed by atoms with van der Waals surface area (Å²) in [5, 5.41) is 0. The van der Waals surface area contributed by atoms with Crippen LogP contribution in [0.4, 0.5) is 4.39 Å². The Balaban J connectivity index is 2.40. The Hall–Kier alpha value is -1.18. The molecule has 74 valence electrons. The number of carbonyl (C=O) groups is 1. The summed E-state index contributed by atoms with van der Waals surface area (Å²) in [5.74, 6) is 0.0560. The van der Waals surface area contributed by atoms with Gasteiger partial charge in [0, 0.05) is 18.3 Å². The van der Waals surface area contributed by atoms with Crippen LogP contribution in [0.3, 0.4) is 0 Å². The zero-order valence-corrected chi connectivity index (χ0v) is 8.22. The second-order valence-corrected chi connectivity index (χ2v) is 4.26. The molecule has 0 saturated heterocycles. The highest BCUT2D eigenvalue weighted by Crippen LogP contribution is 2.39. The number of carbonyl (C=O) groups excluding carboxylic acids is 1. The number of Topliss-reactive ketones (excluding diaryl/α,β-unsaturated/α-hetero) is 1. The third-order valence-electron chi connectivity index (χ3n) is 3.07. The number of halogens is 1. The molecule has 2 rings (SSSR count). The molecule has 1 aromatic rings. The lowest BCUT2D eigenvalue weighted by atomic mass is 9.81. The molecule has 1 fully saturated rings. The summed E-state index contributed by atoms with van der Waals surface area (Å²) in [6.07, 6.45) is 1.84. The predicted molar refractivity (Wildman–Crippen MR) is 52.6 cm³/mol. The van der Waals surface area contributed by atoms with Crippen LogP contribution in [0.5, 0.6) is 0 Å². The van der Waals surface area contributed by atoms with Crippen molar-refractivity contribution in [3.8, 4) is 0 Å². The molecule has 0 N–H and O–H groups in total. The van der Waals surface area contributed by atoms with Crippen LogP contribution < -0.4 is 0 Å². The maximum atomic E-state index is 13.5. The lowest BCUT2D eigenvalue weighted by Gasteiger charge is -2.23. The Kier molecular flexibility index (Phi) is 2.14. The van der Waals surface area contributed by atoms with E-state index in [9.17, 15) is 9.18 Å². The van der Waals surface area contributed by atoms with Gasteiger partial charge in [-0.2, -0.15) is 0 Å². The summed E-state index contributed by atoms with van der Waals surface area (Å²) in [6.45, 7) is 1.97. The van der Waals surface area contributed by atoms with Crippen molar-refractivity contribution in [2.24, 2.45) is 0 Å². The molecule has 1 aliphatic rings. The quantitative estimate of drug-likeness (QED) is 0.668. The minimum absolute atomic E-state index is 0.190. The van der Waals surface area contributed by atoms with Crippen molar-refractivity contribution < 1.29 is 9.18 Å². The van der Waals surface area contributed by atoms with E-state index in [1.165, 1.54) is 6.07 Å². The van der Waals surface area contributed by atoms with Gasteiger partial charge < -0.3 is 0 Å². The number of ketones is 1. The van der Waals surface area contributed by atoms with Gasteiger partial charge in [0.1, 0.15) is 11.6 Å². The summed E-state index contributed by atoms with van der Waals surface area (Å²) < 4.78 is 13.5. The van der Waals surface area contributed by atoms with Gasteiger partial charge in [-0.15, -0.1) is 0 Å². The number of hydrogen-bond donors (Lipinski definition) is 0. The van der Waals surface area contributed by atoms with Crippen LogP contribution in [-0.4, -0.2) is 5.78 Å². The third kappa shape index (κ3) is 1.45. The highest BCUT2D eigenvalue weighted by atomic mass is 19.1. The van der Waals surface area contributed by atoms with Gasteiger partial charge in [-0.1, -0.05) is 25.1 Å². The van der Waals surface area contributed by atoms with E-state index in [1.54, 1.807) is 12.1 Å². The van der Waals surface area contributed by atoms with Crippen LogP contribution in [0.25, 0.3) is 0 Å². The lowest BCUT2D eigenvalue weighted by molar-refractivity contribution is -0.117. The van der Waals surface area contributed by atoms with Gasteiger partial charge in [-0.05, 0) is 18.1 Å². The van der Waals surface area contributed by atoms with Crippen molar-refractivity contribution >= 4 is 5.78 Å². The van der Waals surface area contributed by atoms with Gasteiger partial charge >= 0.3 is 0 Å². The van der Waals surface area contributed by atoms with E-state index in [-0.39, 0.29) is 17.0 Å². The molecule has 0 amide bonds. The molecular weight excluding hydrogens is 179 g/mol. The van der Waals surface area contributed by atoms with Crippen molar-refractivity contribution in [3.05, 3.63) is 35.6 Å². The van der Waals surface area contributed by atoms with Gasteiger partial charge in [0.15, 0.2) is 0 Å². The van der Waals surface area contributed by atoms with Gasteiger partial charge in [-0.25, -0.2) is 4.39 Å². The predicted octanol–water partition coefficient (Wildman–Crippen LogP) is 2.84. The van der Waals surface area contributed by atoms with E-state index in [1.807, 2.05) is 13.0 Å². The molecular formula is C12H13FO. The third-order valence-corrected chi connectivity index (χ3v) is 3.07. The molecule has 0 aromatic heterocycles. The van der Waals surface area contributed by atoms with Crippen LogP contribution in [0.15, 0.2) is 24.3 Å². The maximum absolute atomic E-state index is 13.5. The molecule has 0 heterocycles. The van der Waals surface area contributed by atoms with Crippen molar-refractivity contribution in [1.82, 2.24) is 0 Å². The monoisotopic (exact) mass is 192 g/mol. The molecule has 1 nitrogen and oxygen atoms in total. The molecule has 1 unspecified atom stereocenters. The Morgan fingerprint density at radius 3 is 2.64 bits per heavy atom. The number of hydrogen-bond acceptors (Lipinski definition) is 1. The van der Waals surface area contributed by atoms with Gasteiger partial charge in [-0.3, -0.25) is 4.79 Å². The second-order valence-electron chi connectivity index (χ2n) is 4.26. The standard InChI is InChI=1S/C12H13FO/c1-12(7-6-9(14)8-12)10-4-2-3-5-11(10)13/h2-5H,6-8H2,1H3. The van der Waals surface area contributed by atoms with Gasteiger partial charge in [0.25, 0.3) is 0 Å². The molecule has 1 saturated carbocycles. The van der Waals surface area contributed by atoms with Crippen LogP contribution in [0.2, 0.25) is 0 Å². The van der Waals surface area contributed by atoms with Crippen LogP contribution in [0.1, 0.15) is 31.7 Å². The minimum atomic E-state index is -0.275. The Labute approximate surface area is 82.9 Å².